The van der Waals surface area contributed by atoms with E-state index in [1.54, 1.807) is 0 Å². The molecule has 4 nitrogen and oxygen atoms in total. The molecule has 0 saturated heterocycles. The van der Waals surface area contributed by atoms with Crippen molar-refractivity contribution in [3.05, 3.63) is 0 Å². The van der Waals surface area contributed by atoms with Crippen LogP contribution in [0.25, 0.3) is 0 Å². The standard InChI is InChI=1S/C12H28N4/c1-5-10(3)7-8-16-12(4,6-2)9-15-11(13)14/h10,16H,5-9H2,1-4H3,(H4,13,14,15). The first-order chi connectivity index (χ1) is 7.43. The van der Waals surface area contributed by atoms with E-state index in [1.807, 2.05) is 0 Å². The molecular weight excluding hydrogens is 200 g/mol. The fraction of sp³-hybridized carbons (Fsp3) is 0.917. The lowest BCUT2D eigenvalue weighted by Gasteiger charge is -2.28. The summed E-state index contributed by atoms with van der Waals surface area (Å²) >= 11 is 0. The van der Waals surface area contributed by atoms with Gasteiger partial charge < -0.3 is 16.8 Å². The molecule has 2 atom stereocenters. The molecule has 4 heteroatoms. The van der Waals surface area contributed by atoms with Crippen LogP contribution in [0.1, 0.15) is 47.0 Å². The molecule has 0 bridgehead atoms. The molecule has 0 rings (SSSR count). The monoisotopic (exact) mass is 228 g/mol. The summed E-state index contributed by atoms with van der Waals surface area (Å²) in [5, 5.41) is 3.55. The second kappa shape index (κ2) is 7.49. The van der Waals surface area contributed by atoms with E-state index in [4.69, 9.17) is 11.5 Å². The zero-order chi connectivity index (χ0) is 12.6. The second-order valence-corrected chi connectivity index (χ2v) is 4.88. The topological polar surface area (TPSA) is 76.4 Å². The number of nitrogens with one attached hydrogen (secondary N) is 1. The molecular formula is C12H28N4. The van der Waals surface area contributed by atoms with Crippen LogP contribution in [0, 0.1) is 5.92 Å². The summed E-state index contributed by atoms with van der Waals surface area (Å²) in [6.07, 6.45) is 3.45. The van der Waals surface area contributed by atoms with Crippen molar-refractivity contribution in [2.45, 2.75) is 52.5 Å². The molecule has 0 amide bonds. The zero-order valence-corrected chi connectivity index (χ0v) is 11.2. The summed E-state index contributed by atoms with van der Waals surface area (Å²) in [5.74, 6) is 0.945. The maximum Gasteiger partial charge on any atom is 0.185 e. The third-order valence-corrected chi connectivity index (χ3v) is 3.28. The Morgan fingerprint density at radius 3 is 2.44 bits per heavy atom. The number of hydrogen-bond acceptors (Lipinski definition) is 2. The number of nitrogens with two attached hydrogens (primary N) is 2. The SMILES string of the molecule is CCC(C)CCNC(C)(CC)CN=C(N)N. The number of guanidine groups is 1. The minimum absolute atomic E-state index is 0.0114. The molecule has 0 spiro atoms. The van der Waals surface area contributed by atoms with Crippen molar-refractivity contribution in [3.8, 4) is 0 Å². The van der Waals surface area contributed by atoms with Gasteiger partial charge in [-0.25, -0.2) is 0 Å². The van der Waals surface area contributed by atoms with Gasteiger partial charge in [-0.05, 0) is 32.2 Å². The van der Waals surface area contributed by atoms with Crippen LogP contribution in [0.3, 0.4) is 0 Å². The molecule has 0 aromatic heterocycles. The van der Waals surface area contributed by atoms with Gasteiger partial charge >= 0.3 is 0 Å². The number of nitrogens with zero attached hydrogens (tertiary/aromatic N) is 1. The summed E-state index contributed by atoms with van der Waals surface area (Å²) in [6, 6.07) is 0. The molecule has 0 aliphatic carbocycles. The van der Waals surface area contributed by atoms with E-state index < -0.39 is 0 Å². The Labute approximate surface area is 99.9 Å². The highest BCUT2D eigenvalue weighted by molar-refractivity contribution is 5.75. The van der Waals surface area contributed by atoms with E-state index in [2.05, 4.69) is 38.0 Å². The maximum absolute atomic E-state index is 5.35. The Kier molecular flexibility index (Phi) is 7.13. The molecule has 2 unspecified atom stereocenters. The third kappa shape index (κ3) is 6.67. The summed E-state index contributed by atoms with van der Waals surface area (Å²) < 4.78 is 0. The number of hydrogen-bond donors (Lipinski definition) is 3. The van der Waals surface area contributed by atoms with Gasteiger partial charge in [0.1, 0.15) is 0 Å². The minimum atomic E-state index is 0.0114. The predicted octanol–water partition coefficient (Wildman–Crippen LogP) is 1.45. The third-order valence-electron chi connectivity index (χ3n) is 3.28. The van der Waals surface area contributed by atoms with Crippen LogP contribution < -0.4 is 16.8 Å². The molecule has 0 fully saturated rings. The zero-order valence-electron chi connectivity index (χ0n) is 11.2. The molecule has 5 N–H and O–H groups in total. The largest absolute Gasteiger partial charge is 0.370 e. The second-order valence-electron chi connectivity index (χ2n) is 4.88. The van der Waals surface area contributed by atoms with Crippen LogP contribution in [0.2, 0.25) is 0 Å². The van der Waals surface area contributed by atoms with Gasteiger partial charge in [0.2, 0.25) is 0 Å². The molecule has 96 valence electrons. The van der Waals surface area contributed by atoms with Crippen molar-refractivity contribution in [2.75, 3.05) is 13.1 Å². The number of rotatable bonds is 8. The van der Waals surface area contributed by atoms with Gasteiger partial charge in [-0.2, -0.15) is 0 Å². The molecule has 0 saturated carbocycles. The molecule has 0 radical (unpaired) electrons. The first-order valence-corrected chi connectivity index (χ1v) is 6.24. The van der Waals surface area contributed by atoms with Crippen molar-refractivity contribution >= 4 is 5.96 Å². The quantitative estimate of drug-likeness (QED) is 0.435. The summed E-state index contributed by atoms with van der Waals surface area (Å²) in [4.78, 5) is 4.10. The van der Waals surface area contributed by atoms with Gasteiger partial charge in [-0.1, -0.05) is 27.2 Å². The van der Waals surface area contributed by atoms with E-state index in [0.29, 0.717) is 6.54 Å². The van der Waals surface area contributed by atoms with E-state index in [1.165, 1.54) is 12.8 Å². The van der Waals surface area contributed by atoms with Gasteiger partial charge in [0.15, 0.2) is 5.96 Å². The normalized spacial score (nSPS) is 16.5. The van der Waals surface area contributed by atoms with E-state index in [0.717, 1.165) is 18.9 Å². The predicted molar refractivity (Wildman–Crippen MR) is 71.4 cm³/mol. The van der Waals surface area contributed by atoms with Crippen LogP contribution in [0.15, 0.2) is 4.99 Å². The van der Waals surface area contributed by atoms with Gasteiger partial charge in [0, 0.05) is 5.54 Å². The highest BCUT2D eigenvalue weighted by Gasteiger charge is 2.20. The minimum Gasteiger partial charge on any atom is -0.370 e. The van der Waals surface area contributed by atoms with Gasteiger partial charge in [-0.3, -0.25) is 4.99 Å². The van der Waals surface area contributed by atoms with E-state index in [9.17, 15) is 0 Å². The van der Waals surface area contributed by atoms with Crippen LogP contribution in [-0.2, 0) is 0 Å². The molecule has 0 aliphatic rings. The Morgan fingerprint density at radius 1 is 1.38 bits per heavy atom. The molecule has 16 heavy (non-hydrogen) atoms. The van der Waals surface area contributed by atoms with Gasteiger partial charge in [0.05, 0.1) is 6.54 Å². The van der Waals surface area contributed by atoms with Gasteiger partial charge in [0.25, 0.3) is 0 Å². The summed E-state index contributed by atoms with van der Waals surface area (Å²) in [5.41, 5.74) is 10.7. The fourth-order valence-corrected chi connectivity index (χ4v) is 1.38. The Hall–Kier alpha value is -0.770. The van der Waals surface area contributed by atoms with E-state index >= 15 is 0 Å². The lowest BCUT2D eigenvalue weighted by molar-refractivity contribution is 0.336. The van der Waals surface area contributed by atoms with Crippen LogP contribution >= 0.6 is 0 Å². The highest BCUT2D eigenvalue weighted by Crippen LogP contribution is 2.11. The Morgan fingerprint density at radius 2 is 2.00 bits per heavy atom. The highest BCUT2D eigenvalue weighted by atomic mass is 15.0. The van der Waals surface area contributed by atoms with Crippen molar-refractivity contribution in [2.24, 2.45) is 22.4 Å². The number of aliphatic imine (C=N–C) groups is 1. The molecule has 0 aliphatic heterocycles. The summed E-state index contributed by atoms with van der Waals surface area (Å²) in [7, 11) is 0. The molecule has 0 heterocycles. The average Bonchev–Trinajstić information content (AvgIpc) is 2.26. The maximum atomic E-state index is 5.35. The molecule has 0 aromatic rings. The lowest BCUT2D eigenvalue weighted by Crippen LogP contribution is -2.46. The Bertz CT molecular complexity index is 211. The van der Waals surface area contributed by atoms with Crippen LogP contribution in [0.5, 0.6) is 0 Å². The van der Waals surface area contributed by atoms with Crippen molar-refractivity contribution in [3.63, 3.8) is 0 Å². The van der Waals surface area contributed by atoms with Crippen molar-refractivity contribution < 1.29 is 0 Å². The van der Waals surface area contributed by atoms with Gasteiger partial charge in [-0.15, -0.1) is 0 Å². The first-order valence-electron chi connectivity index (χ1n) is 6.24. The fourth-order valence-electron chi connectivity index (χ4n) is 1.38. The van der Waals surface area contributed by atoms with E-state index in [-0.39, 0.29) is 11.5 Å². The lowest BCUT2D eigenvalue weighted by atomic mass is 9.97. The van der Waals surface area contributed by atoms with Crippen LogP contribution in [-0.4, -0.2) is 24.6 Å². The Balaban J connectivity index is 4.01. The van der Waals surface area contributed by atoms with Crippen LogP contribution in [0.4, 0.5) is 0 Å². The molecule has 0 aromatic carbocycles. The van der Waals surface area contributed by atoms with Crippen molar-refractivity contribution in [1.29, 1.82) is 0 Å². The summed E-state index contributed by atoms with van der Waals surface area (Å²) in [6.45, 7) is 10.5. The first kappa shape index (κ1) is 15.2. The average molecular weight is 228 g/mol. The smallest absolute Gasteiger partial charge is 0.185 e. The van der Waals surface area contributed by atoms with Crippen molar-refractivity contribution in [1.82, 2.24) is 5.32 Å².